The summed E-state index contributed by atoms with van der Waals surface area (Å²) in [5.41, 5.74) is 34.6. The minimum absolute atomic E-state index is 0.104. The fourth-order valence-electron chi connectivity index (χ4n) is 19.5. The van der Waals surface area contributed by atoms with Crippen LogP contribution in [0.2, 0.25) is 0 Å². The smallest absolute Gasteiger partial charge is 0.0221 e. The van der Waals surface area contributed by atoms with Crippen molar-refractivity contribution in [3.05, 3.63) is 252 Å². The third kappa shape index (κ3) is 13.4. The molecular formula is C99H114. The van der Waals surface area contributed by atoms with Gasteiger partial charge >= 0.3 is 0 Å². The van der Waals surface area contributed by atoms with Crippen molar-refractivity contribution >= 4 is 0 Å². The minimum Gasteiger partial charge on any atom is -0.0654 e. The highest BCUT2D eigenvalue weighted by molar-refractivity contribution is 6.16. The Kier molecular flexibility index (Phi) is 23.0. The first-order valence-corrected chi connectivity index (χ1v) is 40.1. The molecule has 3 aliphatic rings. The van der Waals surface area contributed by atoms with E-state index >= 15 is 0 Å². The van der Waals surface area contributed by atoms with Gasteiger partial charge in [0.05, 0.1) is 0 Å². The topological polar surface area (TPSA) is 0 Å². The molecule has 0 nitrogen and oxygen atoms in total. The van der Waals surface area contributed by atoms with E-state index < -0.39 is 0 Å². The first kappa shape index (κ1) is 69.7. The van der Waals surface area contributed by atoms with Crippen LogP contribution in [-0.2, 0) is 16.2 Å². The van der Waals surface area contributed by atoms with Gasteiger partial charge in [-0.1, -0.05) is 408 Å². The number of benzene rings is 10. The van der Waals surface area contributed by atoms with E-state index in [1.165, 1.54) is 252 Å². The van der Waals surface area contributed by atoms with E-state index in [2.05, 4.69) is 260 Å². The lowest BCUT2D eigenvalue weighted by atomic mass is 9.63. The molecule has 13 rings (SSSR count). The third-order valence-electron chi connectivity index (χ3n) is 24.0. The number of hydrogen-bond acceptors (Lipinski definition) is 0. The van der Waals surface area contributed by atoms with Crippen LogP contribution in [0.3, 0.4) is 0 Å². The van der Waals surface area contributed by atoms with Gasteiger partial charge in [-0.15, -0.1) is 0 Å². The van der Waals surface area contributed by atoms with Crippen LogP contribution < -0.4 is 0 Å². The molecular weight excluding hydrogens is 1190 g/mol. The second-order valence-electron chi connectivity index (χ2n) is 30.3. The summed E-state index contributed by atoms with van der Waals surface area (Å²) in [5, 5.41) is 0. The summed E-state index contributed by atoms with van der Waals surface area (Å²) < 4.78 is 0. The van der Waals surface area contributed by atoms with Crippen molar-refractivity contribution in [2.24, 2.45) is 0 Å². The summed E-state index contributed by atoms with van der Waals surface area (Å²) in [4.78, 5) is 0. The standard InChI is InChI=1S/C99H114/c1-7-13-19-44-66-97(67-45-20-14-8-2)83-63-43-41-61-80(83)92-94(97)91-79-60-40-42-62-82(79)98(68-46-21-15-9-3,69-47-22-16-10-4)95(91)93-81-65-64-78(72-84(81)99(96(92)93,70-48-23-17-11-5)71-49-24-18-12-6)90-88(76-56-36-28-37-57-76)86(74-52-32-26-33-53-74)85(73-50-30-25-31-51-73)87(75-54-34-27-35-55-75)89(90)77-58-38-29-39-59-77/h25-43,50-65,72H,7-24,44-49,66-71H2,1-6H3. The van der Waals surface area contributed by atoms with Crippen molar-refractivity contribution in [1.29, 1.82) is 0 Å². The molecule has 10 aromatic carbocycles. The predicted octanol–water partition coefficient (Wildman–Crippen LogP) is 30.3. The maximum absolute atomic E-state index is 2.89. The molecule has 99 heavy (non-hydrogen) atoms. The van der Waals surface area contributed by atoms with Crippen LogP contribution in [0, 0.1) is 0 Å². The van der Waals surface area contributed by atoms with Gasteiger partial charge in [0.1, 0.15) is 0 Å². The van der Waals surface area contributed by atoms with Gasteiger partial charge in [0, 0.05) is 16.2 Å². The van der Waals surface area contributed by atoms with Crippen LogP contribution in [0.1, 0.15) is 268 Å². The maximum Gasteiger partial charge on any atom is 0.0221 e. The molecule has 510 valence electrons. The van der Waals surface area contributed by atoms with E-state index in [1.54, 1.807) is 61.2 Å². The van der Waals surface area contributed by atoms with Crippen molar-refractivity contribution in [3.63, 3.8) is 0 Å². The average Bonchev–Trinajstić information content (AvgIpc) is 1.48. The lowest BCUT2D eigenvalue weighted by Crippen LogP contribution is -2.31. The van der Waals surface area contributed by atoms with Crippen molar-refractivity contribution in [2.45, 2.75) is 250 Å². The lowest BCUT2D eigenvalue weighted by Gasteiger charge is -2.40. The molecule has 0 spiro atoms. The van der Waals surface area contributed by atoms with Crippen molar-refractivity contribution in [2.75, 3.05) is 0 Å². The SMILES string of the molecule is CCCCCCC1(CCCCCC)c2ccccc2-c2c1c1c(c3c2C(CCCCCC)(CCCCCC)c2cc(-c4c(-c5ccccc5)c(-c5ccccc5)c(-c5ccccc5)c(-c5ccccc5)c4-c4ccccc4)ccc2-3)C(CCCCCC)(CCCCCC)c2ccccc2-1. The van der Waals surface area contributed by atoms with Crippen LogP contribution in [0.25, 0.3) is 100 Å². The lowest BCUT2D eigenvalue weighted by molar-refractivity contribution is 0.389. The Morgan fingerprint density at radius 3 is 0.667 bits per heavy atom. The van der Waals surface area contributed by atoms with Gasteiger partial charge in [0.2, 0.25) is 0 Å². The Hall–Kier alpha value is -7.80. The maximum atomic E-state index is 2.89. The third-order valence-corrected chi connectivity index (χ3v) is 24.0. The monoisotopic (exact) mass is 1300 g/mol. The van der Waals surface area contributed by atoms with E-state index in [-0.39, 0.29) is 16.2 Å². The molecule has 0 amide bonds. The second kappa shape index (κ2) is 32.7. The zero-order chi connectivity index (χ0) is 68.0. The summed E-state index contributed by atoms with van der Waals surface area (Å²) in [7, 11) is 0. The quantitative estimate of drug-likeness (QED) is 0.0343. The normalized spacial score (nSPS) is 14.0. The minimum atomic E-state index is -0.256. The van der Waals surface area contributed by atoms with Gasteiger partial charge in [0.15, 0.2) is 0 Å². The van der Waals surface area contributed by atoms with E-state index in [1.807, 2.05) is 0 Å². The molecule has 0 fully saturated rings. The molecule has 3 aliphatic carbocycles. The molecule has 0 heterocycles. The van der Waals surface area contributed by atoms with Crippen molar-refractivity contribution in [3.8, 4) is 100 Å². The van der Waals surface area contributed by atoms with E-state index in [4.69, 9.17) is 0 Å². The highest BCUT2D eigenvalue weighted by Crippen LogP contribution is 2.72. The number of hydrogen-bond donors (Lipinski definition) is 0. The summed E-state index contributed by atoms with van der Waals surface area (Å²) in [6.07, 6.45) is 37.4. The number of fused-ring (bicyclic) bond motifs is 12. The molecule has 10 aromatic rings. The van der Waals surface area contributed by atoms with Gasteiger partial charge in [-0.2, -0.15) is 0 Å². The van der Waals surface area contributed by atoms with E-state index in [0.29, 0.717) is 0 Å². The number of rotatable bonds is 36. The number of unbranched alkanes of at least 4 members (excludes halogenated alkanes) is 18. The van der Waals surface area contributed by atoms with Crippen LogP contribution in [0.15, 0.2) is 218 Å². The van der Waals surface area contributed by atoms with Crippen LogP contribution in [0.5, 0.6) is 0 Å². The molecule has 0 aliphatic heterocycles. The molecule has 0 radical (unpaired) electrons. The van der Waals surface area contributed by atoms with E-state index in [0.717, 1.165) is 12.8 Å². The second-order valence-corrected chi connectivity index (χ2v) is 30.3. The van der Waals surface area contributed by atoms with Gasteiger partial charge in [-0.25, -0.2) is 0 Å². The molecule has 0 unspecified atom stereocenters. The molecule has 0 bridgehead atoms. The van der Waals surface area contributed by atoms with Gasteiger partial charge in [0.25, 0.3) is 0 Å². The average molecular weight is 1300 g/mol. The summed E-state index contributed by atoms with van der Waals surface area (Å²) >= 11 is 0. The molecule has 0 atom stereocenters. The van der Waals surface area contributed by atoms with Crippen LogP contribution in [0.4, 0.5) is 0 Å². The summed E-state index contributed by atoms with van der Waals surface area (Å²) in [6, 6.07) is 86.3. The van der Waals surface area contributed by atoms with Gasteiger partial charge in [-0.05, 0) is 178 Å². The predicted molar refractivity (Wildman–Crippen MR) is 430 cm³/mol. The molecule has 0 saturated carbocycles. The Balaban J connectivity index is 1.24. The van der Waals surface area contributed by atoms with Crippen LogP contribution in [-0.4, -0.2) is 0 Å². The Bertz CT molecular complexity index is 4110. The van der Waals surface area contributed by atoms with Gasteiger partial charge in [-0.3, -0.25) is 0 Å². The Labute approximate surface area is 598 Å². The van der Waals surface area contributed by atoms with Crippen LogP contribution >= 0.6 is 0 Å². The molecule has 0 saturated heterocycles. The Morgan fingerprint density at radius 1 is 0.182 bits per heavy atom. The highest BCUT2D eigenvalue weighted by atomic mass is 14.6. The first-order chi connectivity index (χ1) is 48.9. The summed E-state index contributed by atoms with van der Waals surface area (Å²) in [6.45, 7) is 14.5. The Morgan fingerprint density at radius 2 is 0.404 bits per heavy atom. The highest BCUT2D eigenvalue weighted by Gasteiger charge is 2.57. The van der Waals surface area contributed by atoms with Gasteiger partial charge < -0.3 is 0 Å². The van der Waals surface area contributed by atoms with Crippen molar-refractivity contribution < 1.29 is 0 Å². The fraction of sp³-hybridized carbons (Fsp3) is 0.394. The molecule has 0 aromatic heterocycles. The first-order valence-electron chi connectivity index (χ1n) is 40.1. The molecule has 0 N–H and O–H groups in total. The molecule has 0 heteroatoms. The largest absolute Gasteiger partial charge is 0.0654 e. The van der Waals surface area contributed by atoms with E-state index in [9.17, 15) is 0 Å². The summed E-state index contributed by atoms with van der Waals surface area (Å²) in [5.74, 6) is 0. The van der Waals surface area contributed by atoms with Crippen molar-refractivity contribution in [1.82, 2.24) is 0 Å². The zero-order valence-electron chi connectivity index (χ0n) is 61.5. The fourth-order valence-corrected chi connectivity index (χ4v) is 19.5. The zero-order valence-corrected chi connectivity index (χ0v) is 61.5.